The van der Waals surface area contributed by atoms with Crippen LogP contribution in [0, 0.1) is 25.2 Å². The first-order chi connectivity index (χ1) is 10.4. The number of benzene rings is 1. The maximum Gasteiger partial charge on any atom is 0.243 e. The smallest absolute Gasteiger partial charge is 0.243 e. The number of fused-ring (bicyclic) bond motifs is 1. The van der Waals surface area contributed by atoms with Crippen molar-refractivity contribution in [1.29, 1.82) is 0 Å². The van der Waals surface area contributed by atoms with E-state index in [-0.39, 0.29) is 17.9 Å². The topological polar surface area (TPSA) is 66.8 Å². The fourth-order valence-corrected chi connectivity index (χ4v) is 5.45. The Bertz CT molecular complexity index is 673. The molecule has 1 N–H and O–H groups in total. The van der Waals surface area contributed by atoms with Crippen LogP contribution in [-0.4, -0.2) is 50.7 Å². The fraction of sp³-hybridized carbons (Fsp3) is 0.625. The van der Waals surface area contributed by atoms with Crippen molar-refractivity contribution in [3.63, 3.8) is 0 Å². The minimum atomic E-state index is -3.53. The lowest BCUT2D eigenvalue weighted by Gasteiger charge is -2.36. The van der Waals surface area contributed by atoms with Gasteiger partial charge in [-0.1, -0.05) is 12.1 Å². The second-order valence-electron chi connectivity index (χ2n) is 6.61. The van der Waals surface area contributed by atoms with Gasteiger partial charge in [0, 0.05) is 31.0 Å². The predicted octanol–water partition coefficient (Wildman–Crippen LogP) is 1.32. The monoisotopic (exact) mass is 325 g/mol. The number of aryl methyl sites for hydroxylation is 2. The van der Waals surface area contributed by atoms with Crippen molar-refractivity contribution in [1.82, 2.24) is 4.31 Å². The van der Waals surface area contributed by atoms with Crippen LogP contribution in [-0.2, 0) is 14.8 Å². The largest absolute Gasteiger partial charge is 0.396 e. The van der Waals surface area contributed by atoms with E-state index in [1.807, 2.05) is 26.0 Å². The Labute approximate surface area is 131 Å². The number of aliphatic hydroxyl groups is 1. The number of sulfonamides is 1. The van der Waals surface area contributed by atoms with Crippen molar-refractivity contribution in [2.45, 2.75) is 25.2 Å². The molecule has 0 radical (unpaired) electrons. The Morgan fingerprint density at radius 2 is 2.18 bits per heavy atom. The fourth-order valence-electron chi connectivity index (χ4n) is 3.56. The van der Waals surface area contributed by atoms with Crippen LogP contribution in [0.4, 0.5) is 0 Å². The van der Waals surface area contributed by atoms with Crippen LogP contribution in [0.1, 0.15) is 17.5 Å². The molecule has 5 nitrogen and oxygen atoms in total. The van der Waals surface area contributed by atoms with Crippen LogP contribution in [0.15, 0.2) is 23.1 Å². The Morgan fingerprint density at radius 1 is 1.41 bits per heavy atom. The normalized spacial score (nSPS) is 29.5. The van der Waals surface area contributed by atoms with Crippen molar-refractivity contribution in [2.75, 3.05) is 32.9 Å². The molecule has 2 saturated heterocycles. The summed E-state index contributed by atoms with van der Waals surface area (Å²) in [6, 6.07) is 5.49. The molecule has 2 fully saturated rings. The molecular formula is C16H23NO4S. The highest BCUT2D eigenvalue weighted by atomic mass is 32.2. The molecular weight excluding hydrogens is 302 g/mol. The third-order valence-corrected chi connectivity index (χ3v) is 7.07. The molecule has 0 bridgehead atoms. The zero-order chi connectivity index (χ0) is 16.0. The number of rotatable bonds is 3. The Kier molecular flexibility index (Phi) is 4.05. The summed E-state index contributed by atoms with van der Waals surface area (Å²) >= 11 is 0. The molecule has 2 aliphatic rings. The Morgan fingerprint density at radius 3 is 2.86 bits per heavy atom. The minimum Gasteiger partial charge on any atom is -0.396 e. The summed E-state index contributed by atoms with van der Waals surface area (Å²) in [7, 11) is -3.53. The van der Waals surface area contributed by atoms with Gasteiger partial charge in [0.05, 0.1) is 18.1 Å². The molecule has 2 heterocycles. The van der Waals surface area contributed by atoms with Crippen molar-refractivity contribution < 1.29 is 18.3 Å². The molecule has 6 heteroatoms. The van der Waals surface area contributed by atoms with E-state index in [4.69, 9.17) is 4.74 Å². The van der Waals surface area contributed by atoms with Gasteiger partial charge in [-0.3, -0.25) is 0 Å². The van der Waals surface area contributed by atoms with E-state index < -0.39 is 10.0 Å². The van der Waals surface area contributed by atoms with Crippen LogP contribution in [0.25, 0.3) is 0 Å². The van der Waals surface area contributed by atoms with Crippen LogP contribution in [0.2, 0.25) is 0 Å². The molecule has 0 aromatic heterocycles. The number of nitrogens with zero attached hydrogens (tertiary/aromatic N) is 1. The maximum atomic E-state index is 13.0. The van der Waals surface area contributed by atoms with Crippen LogP contribution in [0.5, 0.6) is 0 Å². The zero-order valence-corrected chi connectivity index (χ0v) is 13.9. The average Bonchev–Trinajstić information content (AvgIpc) is 2.90. The van der Waals surface area contributed by atoms with Gasteiger partial charge < -0.3 is 9.84 Å². The lowest BCUT2D eigenvalue weighted by molar-refractivity contribution is -0.0414. The average molecular weight is 325 g/mol. The third kappa shape index (κ3) is 2.48. The first-order valence-corrected chi connectivity index (χ1v) is 9.09. The summed E-state index contributed by atoms with van der Waals surface area (Å²) in [6.07, 6.45) is 0.715. The van der Waals surface area contributed by atoms with Gasteiger partial charge >= 0.3 is 0 Å². The highest BCUT2D eigenvalue weighted by Crippen LogP contribution is 2.43. The quantitative estimate of drug-likeness (QED) is 0.910. The van der Waals surface area contributed by atoms with Gasteiger partial charge in [0.25, 0.3) is 0 Å². The SMILES string of the molecule is Cc1ccc(C)c(S(=O)(=O)N2C[C@@H]3COCC[C@]3(CO)C2)c1. The summed E-state index contributed by atoms with van der Waals surface area (Å²) in [5.41, 5.74) is 1.35. The molecule has 0 spiro atoms. The number of hydrogen-bond donors (Lipinski definition) is 1. The summed E-state index contributed by atoms with van der Waals surface area (Å²) in [5.74, 6) is 0.0751. The minimum absolute atomic E-state index is 0.0137. The second kappa shape index (κ2) is 5.60. The first-order valence-electron chi connectivity index (χ1n) is 7.65. The van der Waals surface area contributed by atoms with Crippen LogP contribution < -0.4 is 0 Å². The van der Waals surface area contributed by atoms with E-state index in [1.54, 1.807) is 6.07 Å². The lowest BCUT2D eigenvalue weighted by atomic mass is 9.75. The molecule has 0 unspecified atom stereocenters. The molecule has 0 saturated carbocycles. The molecule has 0 aliphatic carbocycles. The van der Waals surface area contributed by atoms with Gasteiger partial charge in [-0.05, 0) is 37.5 Å². The molecule has 0 amide bonds. The molecule has 1 aromatic carbocycles. The van der Waals surface area contributed by atoms with Gasteiger partial charge in [-0.25, -0.2) is 8.42 Å². The third-order valence-electron chi connectivity index (χ3n) is 5.12. The lowest BCUT2D eigenvalue weighted by Crippen LogP contribution is -2.41. The van der Waals surface area contributed by atoms with Crippen molar-refractivity contribution in [2.24, 2.45) is 11.3 Å². The van der Waals surface area contributed by atoms with E-state index in [1.165, 1.54) is 4.31 Å². The second-order valence-corrected chi connectivity index (χ2v) is 8.52. The predicted molar refractivity (Wildman–Crippen MR) is 83.1 cm³/mol. The summed E-state index contributed by atoms with van der Waals surface area (Å²) in [6.45, 7) is 5.66. The zero-order valence-electron chi connectivity index (χ0n) is 13.1. The van der Waals surface area contributed by atoms with Crippen LogP contribution in [0.3, 0.4) is 0 Å². The standard InChI is InChI=1S/C16H23NO4S/c1-12-3-4-13(2)15(7-12)22(19,20)17-8-14-9-21-6-5-16(14,10-17)11-18/h3-4,7,14,18H,5-6,8-11H2,1-2H3/t14-,16-/m1/s1. The number of hydrogen-bond acceptors (Lipinski definition) is 4. The van der Waals surface area contributed by atoms with E-state index in [0.29, 0.717) is 37.6 Å². The molecule has 1 aromatic rings. The molecule has 2 aliphatic heterocycles. The van der Waals surface area contributed by atoms with Crippen molar-refractivity contribution in [3.8, 4) is 0 Å². The highest BCUT2D eigenvalue weighted by molar-refractivity contribution is 7.89. The van der Waals surface area contributed by atoms with Gasteiger partial charge in [-0.15, -0.1) is 0 Å². The van der Waals surface area contributed by atoms with E-state index >= 15 is 0 Å². The molecule has 122 valence electrons. The number of aliphatic hydroxyl groups excluding tert-OH is 1. The highest BCUT2D eigenvalue weighted by Gasteiger charge is 2.51. The van der Waals surface area contributed by atoms with Gasteiger partial charge in [-0.2, -0.15) is 4.31 Å². The summed E-state index contributed by atoms with van der Waals surface area (Å²) < 4.78 is 33.0. The van der Waals surface area contributed by atoms with E-state index in [2.05, 4.69) is 0 Å². The maximum absolute atomic E-state index is 13.0. The van der Waals surface area contributed by atoms with Gasteiger partial charge in [0.1, 0.15) is 0 Å². The van der Waals surface area contributed by atoms with Crippen LogP contribution >= 0.6 is 0 Å². The molecule has 2 atom stereocenters. The van der Waals surface area contributed by atoms with Gasteiger partial charge in [0.15, 0.2) is 0 Å². The van der Waals surface area contributed by atoms with E-state index in [0.717, 1.165) is 11.1 Å². The van der Waals surface area contributed by atoms with E-state index in [9.17, 15) is 13.5 Å². The van der Waals surface area contributed by atoms with Crippen molar-refractivity contribution >= 4 is 10.0 Å². The molecule has 3 rings (SSSR count). The summed E-state index contributed by atoms with van der Waals surface area (Å²) in [5, 5.41) is 9.83. The molecule has 22 heavy (non-hydrogen) atoms. The number of ether oxygens (including phenoxy) is 1. The van der Waals surface area contributed by atoms with Crippen molar-refractivity contribution in [3.05, 3.63) is 29.3 Å². The Balaban J connectivity index is 1.95. The summed E-state index contributed by atoms with van der Waals surface area (Å²) in [4.78, 5) is 0.375. The Hall–Kier alpha value is -0.950. The first kappa shape index (κ1) is 15.9. The van der Waals surface area contributed by atoms with Gasteiger partial charge in [0.2, 0.25) is 10.0 Å².